The average molecular weight is 275 g/mol. The van der Waals surface area contributed by atoms with Gasteiger partial charge in [-0.3, -0.25) is 4.79 Å². The Bertz CT molecular complexity index is 366. The normalized spacial score (nSPS) is 12.5. The van der Waals surface area contributed by atoms with Gasteiger partial charge in [0.05, 0.1) is 10.4 Å². The van der Waals surface area contributed by atoms with Gasteiger partial charge in [-0.15, -0.1) is 0 Å². The summed E-state index contributed by atoms with van der Waals surface area (Å²) in [5.41, 5.74) is 0.941. The molecule has 0 saturated heterocycles. The number of rotatable bonds is 4. The molecule has 0 aliphatic carbocycles. The maximum Gasteiger partial charge on any atom is 0.306 e. The summed E-state index contributed by atoms with van der Waals surface area (Å²) in [4.78, 5) is 10.6. The van der Waals surface area contributed by atoms with Gasteiger partial charge in [0.15, 0.2) is 0 Å². The van der Waals surface area contributed by atoms with E-state index in [9.17, 15) is 9.18 Å². The molecule has 1 unspecified atom stereocenters. The molecule has 2 nitrogen and oxygen atoms in total. The number of halogens is 2. The number of carboxylic acid groups (broad SMARTS) is 1. The van der Waals surface area contributed by atoms with Gasteiger partial charge < -0.3 is 5.11 Å². The van der Waals surface area contributed by atoms with Crippen LogP contribution in [-0.2, 0) is 11.2 Å². The third-order valence-electron chi connectivity index (χ3n) is 2.27. The van der Waals surface area contributed by atoms with Crippen molar-refractivity contribution in [2.45, 2.75) is 19.8 Å². The monoisotopic (exact) mass is 274 g/mol. The summed E-state index contributed by atoms with van der Waals surface area (Å²) >= 11 is 3.09. The van der Waals surface area contributed by atoms with E-state index in [2.05, 4.69) is 15.9 Å². The van der Waals surface area contributed by atoms with Crippen molar-refractivity contribution < 1.29 is 14.3 Å². The van der Waals surface area contributed by atoms with Crippen LogP contribution in [0.25, 0.3) is 0 Å². The van der Waals surface area contributed by atoms with Crippen molar-refractivity contribution in [1.82, 2.24) is 0 Å². The fraction of sp³-hybridized carbons (Fsp3) is 0.364. The van der Waals surface area contributed by atoms with Crippen LogP contribution in [0.4, 0.5) is 4.39 Å². The van der Waals surface area contributed by atoms with Gasteiger partial charge in [0.25, 0.3) is 0 Å². The molecule has 1 atom stereocenters. The SMILES string of the molecule is CC(CCc1ccc(F)c(Br)c1)C(=O)O. The van der Waals surface area contributed by atoms with Gasteiger partial charge in [0.2, 0.25) is 0 Å². The maximum atomic E-state index is 12.9. The quantitative estimate of drug-likeness (QED) is 0.915. The highest BCUT2D eigenvalue weighted by Gasteiger charge is 2.10. The lowest BCUT2D eigenvalue weighted by Gasteiger charge is -2.06. The van der Waals surface area contributed by atoms with Crippen LogP contribution in [0.1, 0.15) is 18.9 Å². The fourth-order valence-corrected chi connectivity index (χ4v) is 1.63. The van der Waals surface area contributed by atoms with Crippen LogP contribution in [0, 0.1) is 11.7 Å². The Hall–Kier alpha value is -0.900. The molecule has 15 heavy (non-hydrogen) atoms. The molecule has 1 aromatic carbocycles. The van der Waals surface area contributed by atoms with Crippen molar-refractivity contribution in [3.8, 4) is 0 Å². The standard InChI is InChI=1S/C11H12BrFO2/c1-7(11(14)15)2-3-8-4-5-10(13)9(12)6-8/h4-7H,2-3H2,1H3,(H,14,15). The molecule has 0 radical (unpaired) electrons. The van der Waals surface area contributed by atoms with E-state index in [0.717, 1.165) is 5.56 Å². The zero-order chi connectivity index (χ0) is 11.4. The third kappa shape index (κ3) is 3.63. The molecule has 0 aromatic heterocycles. The fourth-order valence-electron chi connectivity index (χ4n) is 1.20. The lowest BCUT2D eigenvalue weighted by molar-refractivity contribution is -0.141. The minimum absolute atomic E-state index is 0.301. The molecule has 1 N–H and O–H groups in total. The second-order valence-electron chi connectivity index (χ2n) is 3.53. The first-order valence-corrected chi connectivity index (χ1v) is 5.46. The van der Waals surface area contributed by atoms with E-state index in [1.54, 1.807) is 19.1 Å². The van der Waals surface area contributed by atoms with E-state index in [4.69, 9.17) is 5.11 Å². The first kappa shape index (κ1) is 12.2. The van der Waals surface area contributed by atoms with Gasteiger partial charge in [-0.25, -0.2) is 4.39 Å². The summed E-state index contributed by atoms with van der Waals surface area (Å²) in [7, 11) is 0. The zero-order valence-electron chi connectivity index (χ0n) is 8.34. The van der Waals surface area contributed by atoms with Gasteiger partial charge in [0, 0.05) is 0 Å². The number of benzene rings is 1. The summed E-state index contributed by atoms with van der Waals surface area (Å²) < 4.78 is 13.3. The van der Waals surface area contributed by atoms with Crippen molar-refractivity contribution in [2.24, 2.45) is 5.92 Å². The van der Waals surface area contributed by atoms with Crippen molar-refractivity contribution in [1.29, 1.82) is 0 Å². The lowest BCUT2D eigenvalue weighted by atomic mass is 10.0. The molecule has 0 spiro atoms. The van der Waals surface area contributed by atoms with Gasteiger partial charge in [-0.2, -0.15) is 0 Å². The topological polar surface area (TPSA) is 37.3 Å². The molecular weight excluding hydrogens is 263 g/mol. The summed E-state index contributed by atoms with van der Waals surface area (Å²) in [6, 6.07) is 4.74. The highest BCUT2D eigenvalue weighted by molar-refractivity contribution is 9.10. The summed E-state index contributed by atoms with van der Waals surface area (Å²) in [5.74, 6) is -1.46. The molecular formula is C11H12BrFO2. The molecule has 0 fully saturated rings. The highest BCUT2D eigenvalue weighted by atomic mass is 79.9. The van der Waals surface area contributed by atoms with E-state index in [0.29, 0.717) is 17.3 Å². The Morgan fingerprint density at radius 3 is 2.80 bits per heavy atom. The van der Waals surface area contributed by atoms with Crippen LogP contribution in [0.2, 0.25) is 0 Å². The van der Waals surface area contributed by atoms with Gasteiger partial charge in [0.1, 0.15) is 5.82 Å². The minimum Gasteiger partial charge on any atom is -0.481 e. The van der Waals surface area contributed by atoms with E-state index in [1.165, 1.54) is 6.07 Å². The molecule has 1 aromatic rings. The van der Waals surface area contributed by atoms with Crippen LogP contribution in [-0.4, -0.2) is 11.1 Å². The van der Waals surface area contributed by atoms with Gasteiger partial charge in [-0.05, 0) is 46.5 Å². The molecule has 0 heterocycles. The van der Waals surface area contributed by atoms with E-state index < -0.39 is 5.97 Å². The average Bonchev–Trinajstić information content (AvgIpc) is 2.19. The number of hydrogen-bond donors (Lipinski definition) is 1. The van der Waals surface area contributed by atoms with Crippen LogP contribution in [0.15, 0.2) is 22.7 Å². The predicted octanol–water partition coefficient (Wildman–Crippen LogP) is 3.24. The third-order valence-corrected chi connectivity index (χ3v) is 2.88. The number of hydrogen-bond acceptors (Lipinski definition) is 1. The van der Waals surface area contributed by atoms with Crippen LogP contribution >= 0.6 is 15.9 Å². The molecule has 4 heteroatoms. The molecule has 1 rings (SSSR count). The van der Waals surface area contributed by atoms with Crippen molar-refractivity contribution >= 4 is 21.9 Å². The molecule has 82 valence electrons. The number of aryl methyl sites for hydroxylation is 1. The molecule has 0 saturated carbocycles. The summed E-state index contributed by atoms with van der Waals surface area (Å²) in [6.07, 6.45) is 1.21. The van der Waals surface area contributed by atoms with Crippen molar-refractivity contribution in [3.05, 3.63) is 34.1 Å². The van der Waals surface area contributed by atoms with Crippen LogP contribution in [0.5, 0.6) is 0 Å². The number of carbonyl (C=O) groups is 1. The zero-order valence-corrected chi connectivity index (χ0v) is 9.92. The van der Waals surface area contributed by atoms with Crippen LogP contribution in [0.3, 0.4) is 0 Å². The Morgan fingerprint density at radius 2 is 2.27 bits per heavy atom. The number of carboxylic acids is 1. The number of aliphatic carboxylic acids is 1. The van der Waals surface area contributed by atoms with Gasteiger partial charge in [-0.1, -0.05) is 13.0 Å². The minimum atomic E-state index is -0.795. The predicted molar refractivity (Wildman–Crippen MR) is 59.2 cm³/mol. The Labute approximate surface area is 96.2 Å². The molecule has 0 amide bonds. The second-order valence-corrected chi connectivity index (χ2v) is 4.38. The second kappa shape index (κ2) is 5.26. The maximum absolute atomic E-state index is 12.9. The summed E-state index contributed by atoms with van der Waals surface area (Å²) in [5, 5.41) is 8.69. The Balaban J connectivity index is 2.58. The summed E-state index contributed by atoms with van der Waals surface area (Å²) in [6.45, 7) is 1.67. The Kier molecular flexibility index (Phi) is 4.27. The van der Waals surface area contributed by atoms with E-state index >= 15 is 0 Å². The smallest absolute Gasteiger partial charge is 0.306 e. The van der Waals surface area contributed by atoms with E-state index in [-0.39, 0.29) is 11.7 Å². The highest BCUT2D eigenvalue weighted by Crippen LogP contribution is 2.18. The van der Waals surface area contributed by atoms with Crippen molar-refractivity contribution in [2.75, 3.05) is 0 Å². The largest absolute Gasteiger partial charge is 0.481 e. The first-order valence-electron chi connectivity index (χ1n) is 4.67. The first-order chi connectivity index (χ1) is 7.00. The van der Waals surface area contributed by atoms with E-state index in [1.807, 2.05) is 0 Å². The van der Waals surface area contributed by atoms with Gasteiger partial charge >= 0.3 is 5.97 Å². The Morgan fingerprint density at radius 1 is 1.60 bits per heavy atom. The van der Waals surface area contributed by atoms with Crippen LogP contribution < -0.4 is 0 Å². The lowest BCUT2D eigenvalue weighted by Crippen LogP contribution is -2.10. The molecule has 0 bridgehead atoms. The molecule has 0 aliphatic heterocycles. The molecule has 0 aliphatic rings. The van der Waals surface area contributed by atoms with Crippen molar-refractivity contribution in [3.63, 3.8) is 0 Å².